The minimum absolute atomic E-state index is 0.0548. The van der Waals surface area contributed by atoms with Crippen molar-refractivity contribution in [3.05, 3.63) is 34.2 Å². The molecule has 1 aromatic heterocycles. The van der Waals surface area contributed by atoms with Gasteiger partial charge in [-0.3, -0.25) is 9.59 Å². The van der Waals surface area contributed by atoms with Crippen LogP contribution in [0.5, 0.6) is 0 Å². The SMILES string of the molecule is CC(N)C1CCN(C(=O)c2ccn(C)c(=O)c2)CC1. The molecule has 1 amide bonds. The molecule has 2 rings (SSSR count). The lowest BCUT2D eigenvalue weighted by atomic mass is 9.91. The topological polar surface area (TPSA) is 68.3 Å². The summed E-state index contributed by atoms with van der Waals surface area (Å²) >= 11 is 0. The van der Waals surface area contributed by atoms with Crippen LogP contribution in [0.4, 0.5) is 0 Å². The molecule has 0 aromatic carbocycles. The molecule has 1 fully saturated rings. The van der Waals surface area contributed by atoms with Gasteiger partial charge in [0.05, 0.1) is 0 Å². The number of aryl methyl sites for hydroxylation is 1. The highest BCUT2D eigenvalue weighted by Crippen LogP contribution is 2.20. The van der Waals surface area contributed by atoms with Crippen molar-refractivity contribution in [3.63, 3.8) is 0 Å². The largest absolute Gasteiger partial charge is 0.339 e. The molecular formula is C14H21N3O2. The maximum atomic E-state index is 12.3. The summed E-state index contributed by atoms with van der Waals surface area (Å²) < 4.78 is 1.46. The van der Waals surface area contributed by atoms with Crippen LogP contribution in [-0.4, -0.2) is 34.5 Å². The van der Waals surface area contributed by atoms with Gasteiger partial charge in [-0.25, -0.2) is 0 Å². The highest BCUT2D eigenvalue weighted by atomic mass is 16.2. The highest BCUT2D eigenvalue weighted by Gasteiger charge is 2.25. The molecule has 1 unspecified atom stereocenters. The van der Waals surface area contributed by atoms with Crippen molar-refractivity contribution in [3.8, 4) is 0 Å². The first kappa shape index (κ1) is 13.8. The molecule has 0 aliphatic carbocycles. The molecule has 2 heterocycles. The second kappa shape index (κ2) is 5.57. The molecule has 5 nitrogen and oxygen atoms in total. The average molecular weight is 263 g/mol. The van der Waals surface area contributed by atoms with Gasteiger partial charge in [0, 0.05) is 44.0 Å². The van der Waals surface area contributed by atoms with Crippen LogP contribution in [0.1, 0.15) is 30.1 Å². The molecule has 5 heteroatoms. The van der Waals surface area contributed by atoms with E-state index in [0.29, 0.717) is 11.5 Å². The van der Waals surface area contributed by atoms with Crippen molar-refractivity contribution in [1.82, 2.24) is 9.47 Å². The number of rotatable bonds is 2. The smallest absolute Gasteiger partial charge is 0.254 e. The van der Waals surface area contributed by atoms with E-state index in [-0.39, 0.29) is 17.5 Å². The van der Waals surface area contributed by atoms with Gasteiger partial charge < -0.3 is 15.2 Å². The highest BCUT2D eigenvalue weighted by molar-refractivity contribution is 5.94. The summed E-state index contributed by atoms with van der Waals surface area (Å²) in [5.41, 5.74) is 6.21. The summed E-state index contributed by atoms with van der Waals surface area (Å²) in [7, 11) is 1.67. The third kappa shape index (κ3) is 3.04. The Balaban J connectivity index is 2.05. The van der Waals surface area contributed by atoms with E-state index in [1.807, 2.05) is 11.8 Å². The predicted molar refractivity (Wildman–Crippen MR) is 74.0 cm³/mol. The normalized spacial score (nSPS) is 18.4. The molecule has 1 aromatic rings. The Morgan fingerprint density at radius 3 is 2.58 bits per heavy atom. The molecular weight excluding hydrogens is 242 g/mol. The zero-order valence-corrected chi connectivity index (χ0v) is 11.5. The fourth-order valence-corrected chi connectivity index (χ4v) is 2.49. The molecule has 1 aliphatic rings. The Morgan fingerprint density at radius 2 is 2.05 bits per heavy atom. The standard InChI is InChI=1S/C14H21N3O2/c1-10(15)11-4-7-17(8-5-11)14(19)12-3-6-16(2)13(18)9-12/h3,6,9-11H,4-5,7-8,15H2,1-2H3. The van der Waals surface area contributed by atoms with Gasteiger partial charge in [0.2, 0.25) is 0 Å². The Bertz CT molecular complexity index is 514. The summed E-state index contributed by atoms with van der Waals surface area (Å²) in [4.78, 5) is 25.6. The lowest BCUT2D eigenvalue weighted by molar-refractivity contribution is 0.0680. The van der Waals surface area contributed by atoms with Gasteiger partial charge in [-0.15, -0.1) is 0 Å². The van der Waals surface area contributed by atoms with E-state index in [1.165, 1.54) is 10.6 Å². The number of pyridine rings is 1. The number of nitrogens with zero attached hydrogens (tertiary/aromatic N) is 2. The monoisotopic (exact) mass is 263 g/mol. The maximum Gasteiger partial charge on any atom is 0.254 e. The van der Waals surface area contributed by atoms with Crippen molar-refractivity contribution in [1.29, 1.82) is 0 Å². The first-order valence-electron chi connectivity index (χ1n) is 6.70. The number of amides is 1. The van der Waals surface area contributed by atoms with E-state index in [2.05, 4.69) is 0 Å². The second-order valence-electron chi connectivity index (χ2n) is 5.35. The van der Waals surface area contributed by atoms with E-state index in [4.69, 9.17) is 5.73 Å². The molecule has 1 aliphatic heterocycles. The molecule has 0 bridgehead atoms. The Kier molecular flexibility index (Phi) is 4.04. The van der Waals surface area contributed by atoms with Crippen LogP contribution in [0.3, 0.4) is 0 Å². The van der Waals surface area contributed by atoms with Crippen LogP contribution in [0.2, 0.25) is 0 Å². The van der Waals surface area contributed by atoms with Gasteiger partial charge in [-0.05, 0) is 31.7 Å². The maximum absolute atomic E-state index is 12.3. The molecule has 104 valence electrons. The minimum atomic E-state index is -0.156. The third-order valence-electron chi connectivity index (χ3n) is 3.92. The van der Waals surface area contributed by atoms with Crippen LogP contribution < -0.4 is 11.3 Å². The number of piperidine rings is 1. The molecule has 1 saturated heterocycles. The lowest BCUT2D eigenvalue weighted by Crippen LogP contribution is -2.42. The summed E-state index contributed by atoms with van der Waals surface area (Å²) in [6.07, 6.45) is 3.51. The minimum Gasteiger partial charge on any atom is -0.339 e. The fourth-order valence-electron chi connectivity index (χ4n) is 2.49. The van der Waals surface area contributed by atoms with Crippen molar-refractivity contribution in [2.75, 3.05) is 13.1 Å². The Hall–Kier alpha value is -1.62. The number of aromatic nitrogens is 1. The zero-order chi connectivity index (χ0) is 14.0. The van der Waals surface area contributed by atoms with Crippen molar-refractivity contribution in [2.45, 2.75) is 25.8 Å². The van der Waals surface area contributed by atoms with Crippen LogP contribution in [0.25, 0.3) is 0 Å². The predicted octanol–water partition coefficient (Wildman–Crippen LogP) is 0.585. The Morgan fingerprint density at radius 1 is 1.42 bits per heavy atom. The lowest BCUT2D eigenvalue weighted by Gasteiger charge is -2.33. The van der Waals surface area contributed by atoms with Crippen LogP contribution in [0, 0.1) is 5.92 Å². The van der Waals surface area contributed by atoms with E-state index in [0.717, 1.165) is 25.9 Å². The molecule has 0 spiro atoms. The number of nitrogens with two attached hydrogens (primary N) is 1. The van der Waals surface area contributed by atoms with Crippen LogP contribution in [0.15, 0.2) is 23.1 Å². The number of hydrogen-bond acceptors (Lipinski definition) is 3. The third-order valence-corrected chi connectivity index (χ3v) is 3.92. The first-order valence-corrected chi connectivity index (χ1v) is 6.70. The molecule has 0 saturated carbocycles. The van der Waals surface area contributed by atoms with Crippen molar-refractivity contribution in [2.24, 2.45) is 18.7 Å². The van der Waals surface area contributed by atoms with Crippen molar-refractivity contribution < 1.29 is 4.79 Å². The van der Waals surface area contributed by atoms with Gasteiger partial charge in [0.15, 0.2) is 0 Å². The summed E-state index contributed by atoms with van der Waals surface area (Å²) in [6, 6.07) is 3.28. The van der Waals surface area contributed by atoms with E-state index >= 15 is 0 Å². The summed E-state index contributed by atoms with van der Waals surface area (Å²) in [5, 5.41) is 0. The summed E-state index contributed by atoms with van der Waals surface area (Å²) in [5.74, 6) is 0.438. The van der Waals surface area contributed by atoms with Crippen LogP contribution in [-0.2, 0) is 7.05 Å². The molecule has 2 N–H and O–H groups in total. The van der Waals surface area contributed by atoms with Gasteiger partial charge in [-0.2, -0.15) is 0 Å². The number of carbonyl (C=O) groups excluding carboxylic acids is 1. The number of hydrogen-bond donors (Lipinski definition) is 1. The van der Waals surface area contributed by atoms with Gasteiger partial charge >= 0.3 is 0 Å². The quantitative estimate of drug-likeness (QED) is 0.849. The van der Waals surface area contributed by atoms with Gasteiger partial charge in [0.25, 0.3) is 11.5 Å². The van der Waals surface area contributed by atoms with Crippen LogP contribution >= 0.6 is 0 Å². The molecule has 0 radical (unpaired) electrons. The van der Waals surface area contributed by atoms with E-state index < -0.39 is 0 Å². The zero-order valence-electron chi connectivity index (χ0n) is 11.5. The van der Waals surface area contributed by atoms with E-state index in [1.54, 1.807) is 19.3 Å². The first-order chi connectivity index (χ1) is 8.99. The Labute approximate surface area is 113 Å². The summed E-state index contributed by atoms with van der Waals surface area (Å²) in [6.45, 7) is 3.46. The molecule has 1 atom stereocenters. The van der Waals surface area contributed by atoms with Crippen molar-refractivity contribution >= 4 is 5.91 Å². The second-order valence-corrected chi connectivity index (χ2v) is 5.35. The number of likely N-dealkylation sites (tertiary alicyclic amines) is 1. The average Bonchev–Trinajstić information content (AvgIpc) is 2.41. The number of carbonyl (C=O) groups is 1. The van der Waals surface area contributed by atoms with E-state index in [9.17, 15) is 9.59 Å². The molecule has 19 heavy (non-hydrogen) atoms. The fraction of sp³-hybridized carbons (Fsp3) is 0.571. The van der Waals surface area contributed by atoms with Gasteiger partial charge in [0.1, 0.15) is 0 Å². The van der Waals surface area contributed by atoms with Gasteiger partial charge in [-0.1, -0.05) is 0 Å².